The molecule has 166 valence electrons. The minimum atomic E-state index is -0.215. The van der Waals surface area contributed by atoms with E-state index in [0.717, 1.165) is 27.6 Å². The van der Waals surface area contributed by atoms with Crippen LogP contribution < -0.4 is 15.5 Å². The summed E-state index contributed by atoms with van der Waals surface area (Å²) >= 11 is 8.03. The third kappa shape index (κ3) is 4.92. The SMILES string of the molecule is Cc1noc(C)c1CSc1ccccc1C(=O)Nc1ccc(N2CCNC(=O)C2)c(Cl)c1. The average molecular weight is 471 g/mol. The van der Waals surface area contributed by atoms with Crippen molar-refractivity contribution in [3.63, 3.8) is 0 Å². The first kappa shape index (κ1) is 22.2. The number of nitrogens with zero attached hydrogens (tertiary/aromatic N) is 2. The molecule has 2 aromatic carbocycles. The average Bonchev–Trinajstić information content (AvgIpc) is 3.09. The van der Waals surface area contributed by atoms with Crippen molar-refractivity contribution in [2.24, 2.45) is 0 Å². The van der Waals surface area contributed by atoms with Crippen molar-refractivity contribution >= 4 is 46.6 Å². The van der Waals surface area contributed by atoms with Crippen LogP contribution in [0.2, 0.25) is 5.02 Å². The number of piperazine rings is 1. The molecule has 2 heterocycles. The molecule has 1 saturated heterocycles. The summed E-state index contributed by atoms with van der Waals surface area (Å²) in [6.07, 6.45) is 0. The number of rotatable bonds is 6. The first-order valence-corrected chi connectivity index (χ1v) is 11.5. The van der Waals surface area contributed by atoms with E-state index < -0.39 is 0 Å². The zero-order chi connectivity index (χ0) is 22.7. The normalized spacial score (nSPS) is 13.7. The highest BCUT2D eigenvalue weighted by molar-refractivity contribution is 7.98. The second-order valence-electron chi connectivity index (χ2n) is 7.48. The zero-order valence-electron chi connectivity index (χ0n) is 17.8. The van der Waals surface area contributed by atoms with Gasteiger partial charge in [0.2, 0.25) is 5.91 Å². The van der Waals surface area contributed by atoms with Crippen LogP contribution in [0.15, 0.2) is 51.9 Å². The summed E-state index contributed by atoms with van der Waals surface area (Å²) in [5.74, 6) is 1.20. The Hall–Kier alpha value is -2.97. The highest BCUT2D eigenvalue weighted by Crippen LogP contribution is 2.31. The maximum Gasteiger partial charge on any atom is 0.256 e. The summed E-state index contributed by atoms with van der Waals surface area (Å²) < 4.78 is 5.23. The Morgan fingerprint density at radius 3 is 2.81 bits per heavy atom. The van der Waals surface area contributed by atoms with Gasteiger partial charge >= 0.3 is 0 Å². The summed E-state index contributed by atoms with van der Waals surface area (Å²) in [5.41, 5.74) is 3.85. The molecular weight excluding hydrogens is 448 g/mol. The Kier molecular flexibility index (Phi) is 6.72. The summed E-state index contributed by atoms with van der Waals surface area (Å²) in [7, 11) is 0. The molecule has 4 rings (SSSR count). The number of amides is 2. The molecule has 32 heavy (non-hydrogen) atoms. The number of nitrogens with one attached hydrogen (secondary N) is 2. The molecule has 9 heteroatoms. The van der Waals surface area contributed by atoms with Gasteiger partial charge in [-0.3, -0.25) is 9.59 Å². The molecule has 0 bridgehead atoms. The standard InChI is InChI=1S/C23H23ClN4O3S/c1-14-18(15(2)31-27-14)13-32-21-6-4-3-5-17(21)23(30)26-16-7-8-20(19(24)11-16)28-10-9-25-22(29)12-28/h3-8,11H,9-10,12-13H2,1-2H3,(H,25,29)(H,26,30). The van der Waals surface area contributed by atoms with E-state index >= 15 is 0 Å². The Morgan fingerprint density at radius 2 is 2.09 bits per heavy atom. The van der Waals surface area contributed by atoms with Gasteiger partial charge in [-0.05, 0) is 44.2 Å². The Labute approximate surface area is 195 Å². The summed E-state index contributed by atoms with van der Waals surface area (Å²) in [5, 5.41) is 10.2. The van der Waals surface area contributed by atoms with Gasteiger partial charge in [-0.25, -0.2) is 0 Å². The molecule has 1 aromatic heterocycles. The van der Waals surface area contributed by atoms with E-state index in [1.807, 2.05) is 43.0 Å². The predicted octanol–water partition coefficient (Wildman–Crippen LogP) is 4.43. The minimum Gasteiger partial charge on any atom is -0.361 e. The molecule has 7 nitrogen and oxygen atoms in total. The molecule has 0 spiro atoms. The van der Waals surface area contributed by atoms with E-state index in [9.17, 15) is 9.59 Å². The van der Waals surface area contributed by atoms with Crippen LogP contribution in [0.25, 0.3) is 0 Å². The fourth-order valence-electron chi connectivity index (χ4n) is 3.52. The number of thioether (sulfide) groups is 1. The Balaban J connectivity index is 1.47. The zero-order valence-corrected chi connectivity index (χ0v) is 19.3. The fourth-order valence-corrected chi connectivity index (χ4v) is 5.02. The van der Waals surface area contributed by atoms with Gasteiger partial charge in [0.25, 0.3) is 5.91 Å². The van der Waals surface area contributed by atoms with Gasteiger partial charge in [0, 0.05) is 35.0 Å². The van der Waals surface area contributed by atoms with E-state index in [4.69, 9.17) is 16.1 Å². The van der Waals surface area contributed by atoms with Gasteiger partial charge in [-0.15, -0.1) is 11.8 Å². The molecule has 0 saturated carbocycles. The first-order valence-electron chi connectivity index (χ1n) is 10.2. The van der Waals surface area contributed by atoms with E-state index in [1.54, 1.807) is 30.0 Å². The third-order valence-corrected chi connectivity index (χ3v) is 6.67. The lowest BCUT2D eigenvalue weighted by atomic mass is 10.2. The Morgan fingerprint density at radius 1 is 1.28 bits per heavy atom. The van der Waals surface area contributed by atoms with E-state index in [-0.39, 0.29) is 18.4 Å². The molecule has 0 unspecified atom stereocenters. The van der Waals surface area contributed by atoms with Crippen LogP contribution in [-0.4, -0.2) is 36.6 Å². The molecule has 2 N–H and O–H groups in total. The number of aryl methyl sites for hydroxylation is 2. The van der Waals surface area contributed by atoms with Crippen LogP contribution in [0.4, 0.5) is 11.4 Å². The van der Waals surface area contributed by atoms with Gasteiger partial charge in [-0.1, -0.05) is 28.9 Å². The summed E-state index contributed by atoms with van der Waals surface area (Å²) in [4.78, 5) is 27.5. The molecule has 1 aliphatic rings. The van der Waals surface area contributed by atoms with Gasteiger partial charge in [0.05, 0.1) is 28.5 Å². The molecular formula is C23H23ClN4O3S. The highest BCUT2D eigenvalue weighted by Gasteiger charge is 2.19. The van der Waals surface area contributed by atoms with Gasteiger partial charge < -0.3 is 20.1 Å². The molecule has 0 aliphatic carbocycles. The number of benzene rings is 2. The highest BCUT2D eigenvalue weighted by atomic mass is 35.5. The monoisotopic (exact) mass is 470 g/mol. The van der Waals surface area contributed by atoms with Crippen LogP contribution in [-0.2, 0) is 10.5 Å². The van der Waals surface area contributed by atoms with Gasteiger partial charge in [0.1, 0.15) is 5.76 Å². The van der Waals surface area contributed by atoms with Crippen molar-refractivity contribution in [3.8, 4) is 0 Å². The van der Waals surface area contributed by atoms with Crippen molar-refractivity contribution in [1.29, 1.82) is 0 Å². The number of aromatic nitrogens is 1. The number of carbonyl (C=O) groups is 2. The lowest BCUT2D eigenvalue weighted by Gasteiger charge is -2.29. The smallest absolute Gasteiger partial charge is 0.256 e. The van der Waals surface area contributed by atoms with Gasteiger partial charge in [0.15, 0.2) is 0 Å². The van der Waals surface area contributed by atoms with E-state index in [1.165, 1.54) is 0 Å². The van der Waals surface area contributed by atoms with Crippen LogP contribution in [0.3, 0.4) is 0 Å². The first-order chi connectivity index (χ1) is 15.4. The summed E-state index contributed by atoms with van der Waals surface area (Å²) in [6.45, 7) is 5.33. The maximum atomic E-state index is 13.0. The molecule has 2 amide bonds. The maximum absolute atomic E-state index is 13.0. The third-order valence-electron chi connectivity index (χ3n) is 5.27. The van der Waals surface area contributed by atoms with Crippen LogP contribution >= 0.6 is 23.4 Å². The van der Waals surface area contributed by atoms with Crippen LogP contribution in [0.5, 0.6) is 0 Å². The van der Waals surface area contributed by atoms with Crippen molar-refractivity contribution in [2.75, 3.05) is 29.9 Å². The Bertz CT molecular complexity index is 1140. The van der Waals surface area contributed by atoms with E-state index in [0.29, 0.717) is 35.1 Å². The quantitative estimate of drug-likeness (QED) is 0.518. The number of carbonyl (C=O) groups excluding carboxylic acids is 2. The van der Waals surface area contributed by atoms with Crippen LogP contribution in [0.1, 0.15) is 27.4 Å². The molecule has 0 radical (unpaired) electrons. The van der Waals surface area contributed by atoms with Crippen molar-refractivity contribution in [3.05, 3.63) is 70.1 Å². The number of anilines is 2. The van der Waals surface area contributed by atoms with Crippen molar-refractivity contribution in [1.82, 2.24) is 10.5 Å². The lowest BCUT2D eigenvalue weighted by molar-refractivity contribution is -0.120. The number of hydrogen-bond acceptors (Lipinski definition) is 6. The number of hydrogen-bond donors (Lipinski definition) is 2. The fraction of sp³-hybridized carbons (Fsp3) is 0.261. The topological polar surface area (TPSA) is 87.5 Å². The minimum absolute atomic E-state index is 0.0320. The summed E-state index contributed by atoms with van der Waals surface area (Å²) in [6, 6.07) is 12.8. The molecule has 1 aliphatic heterocycles. The molecule has 0 atom stereocenters. The predicted molar refractivity (Wildman–Crippen MR) is 127 cm³/mol. The van der Waals surface area contributed by atoms with Crippen molar-refractivity contribution in [2.45, 2.75) is 24.5 Å². The second-order valence-corrected chi connectivity index (χ2v) is 8.90. The van der Waals surface area contributed by atoms with Gasteiger partial charge in [-0.2, -0.15) is 0 Å². The lowest BCUT2D eigenvalue weighted by Crippen LogP contribution is -2.47. The molecule has 3 aromatic rings. The molecule has 1 fully saturated rings. The largest absolute Gasteiger partial charge is 0.361 e. The second kappa shape index (κ2) is 9.67. The van der Waals surface area contributed by atoms with Crippen molar-refractivity contribution < 1.29 is 14.1 Å². The number of halogens is 1. The van der Waals surface area contributed by atoms with Crippen LogP contribution in [0, 0.1) is 13.8 Å². The van der Waals surface area contributed by atoms with E-state index in [2.05, 4.69) is 15.8 Å².